The second-order valence-electron chi connectivity index (χ2n) is 5.60. The Labute approximate surface area is 155 Å². The number of rotatable bonds is 11. The summed E-state index contributed by atoms with van der Waals surface area (Å²) < 4.78 is 34.1. The molecule has 0 heterocycles. The number of nitrogens with one attached hydrogen (secondary N) is 2. The van der Waals surface area contributed by atoms with Gasteiger partial charge in [-0.1, -0.05) is 18.6 Å². The first-order valence-corrected chi connectivity index (χ1v) is 8.37. The van der Waals surface area contributed by atoms with E-state index in [4.69, 9.17) is 10.5 Å². The maximum Gasteiger partial charge on any atom is 0.387 e. The van der Waals surface area contributed by atoms with Crippen LogP contribution in [0.4, 0.5) is 19.3 Å². The van der Waals surface area contributed by atoms with E-state index >= 15 is 0 Å². The molecule has 0 saturated heterocycles. The Morgan fingerprint density at radius 3 is 2.52 bits per heavy atom. The molecule has 0 aliphatic heterocycles. The van der Waals surface area contributed by atoms with Crippen molar-refractivity contribution < 1.29 is 32.6 Å². The van der Waals surface area contributed by atoms with Gasteiger partial charge in [0, 0.05) is 13.0 Å². The Kier molecular flexibility index (Phi) is 9.55. The van der Waals surface area contributed by atoms with Gasteiger partial charge in [0.15, 0.2) is 6.10 Å². The number of carbonyl (C=O) groups excluding carboxylic acids is 3. The first-order chi connectivity index (χ1) is 12.8. The smallest absolute Gasteiger partial charge is 0.387 e. The predicted octanol–water partition coefficient (Wildman–Crippen LogP) is 2.39. The quantitative estimate of drug-likeness (QED) is 0.398. The number of urea groups is 1. The molecule has 1 aromatic carbocycles. The number of hydrogen-bond acceptors (Lipinski definition) is 5. The van der Waals surface area contributed by atoms with E-state index in [0.29, 0.717) is 25.8 Å². The van der Waals surface area contributed by atoms with Crippen molar-refractivity contribution in [2.24, 2.45) is 5.73 Å². The summed E-state index contributed by atoms with van der Waals surface area (Å²) in [6.07, 6.45) is 0.869. The Morgan fingerprint density at radius 2 is 1.85 bits per heavy atom. The molecule has 150 valence electrons. The average Bonchev–Trinajstić information content (AvgIpc) is 2.58. The van der Waals surface area contributed by atoms with Crippen LogP contribution in [0.15, 0.2) is 24.3 Å². The predicted molar refractivity (Wildman–Crippen MR) is 93.3 cm³/mol. The third-order valence-electron chi connectivity index (χ3n) is 3.40. The number of unbranched alkanes of at least 4 members (excludes halogenated alkanes) is 2. The highest BCUT2D eigenvalue weighted by atomic mass is 19.3. The number of amides is 3. The van der Waals surface area contributed by atoms with Crippen molar-refractivity contribution in [1.82, 2.24) is 5.32 Å². The van der Waals surface area contributed by atoms with Gasteiger partial charge in [0.05, 0.1) is 5.69 Å². The van der Waals surface area contributed by atoms with Crippen LogP contribution < -0.4 is 21.1 Å². The SMILES string of the molecule is C[C@H](OC(=O)CCCCCNC(N)=O)C(=O)Nc1ccccc1OC(F)F. The molecule has 0 aromatic heterocycles. The second-order valence-corrected chi connectivity index (χ2v) is 5.60. The third-order valence-corrected chi connectivity index (χ3v) is 3.40. The molecule has 1 rings (SSSR count). The van der Waals surface area contributed by atoms with E-state index in [0.717, 1.165) is 0 Å². The van der Waals surface area contributed by atoms with Gasteiger partial charge in [-0.15, -0.1) is 0 Å². The fraction of sp³-hybridized carbons (Fsp3) is 0.471. The Morgan fingerprint density at radius 1 is 1.15 bits per heavy atom. The summed E-state index contributed by atoms with van der Waals surface area (Å²) in [4.78, 5) is 34.3. The van der Waals surface area contributed by atoms with Crippen LogP contribution >= 0.6 is 0 Å². The minimum Gasteiger partial charge on any atom is -0.453 e. The van der Waals surface area contributed by atoms with Crippen molar-refractivity contribution in [1.29, 1.82) is 0 Å². The van der Waals surface area contributed by atoms with E-state index < -0.39 is 30.6 Å². The molecule has 0 bridgehead atoms. The molecule has 0 spiro atoms. The Hall–Kier alpha value is -2.91. The summed E-state index contributed by atoms with van der Waals surface area (Å²) in [6.45, 7) is -1.24. The van der Waals surface area contributed by atoms with Gasteiger partial charge in [-0.3, -0.25) is 9.59 Å². The number of anilines is 1. The van der Waals surface area contributed by atoms with Crippen molar-refractivity contribution >= 4 is 23.6 Å². The summed E-state index contributed by atoms with van der Waals surface area (Å²) in [6, 6.07) is 5.10. The lowest BCUT2D eigenvalue weighted by Crippen LogP contribution is -2.30. The van der Waals surface area contributed by atoms with Crippen LogP contribution in [-0.4, -0.2) is 37.2 Å². The molecular formula is C17H23F2N3O5. The molecule has 8 nitrogen and oxygen atoms in total. The monoisotopic (exact) mass is 387 g/mol. The van der Waals surface area contributed by atoms with Crippen LogP contribution in [0.25, 0.3) is 0 Å². The van der Waals surface area contributed by atoms with Crippen LogP contribution in [0, 0.1) is 0 Å². The number of para-hydroxylation sites is 2. The first-order valence-electron chi connectivity index (χ1n) is 8.37. The molecule has 3 amide bonds. The van der Waals surface area contributed by atoms with E-state index in [2.05, 4.69) is 15.4 Å². The lowest BCUT2D eigenvalue weighted by atomic mass is 10.2. The number of ether oxygens (including phenoxy) is 2. The molecule has 0 radical (unpaired) electrons. The lowest BCUT2D eigenvalue weighted by Gasteiger charge is -2.15. The molecule has 0 unspecified atom stereocenters. The summed E-state index contributed by atoms with van der Waals surface area (Å²) in [5.41, 5.74) is 4.97. The normalized spacial score (nSPS) is 11.6. The lowest BCUT2D eigenvalue weighted by molar-refractivity contribution is -0.153. The second kappa shape index (κ2) is 11.7. The van der Waals surface area contributed by atoms with Crippen molar-refractivity contribution in [2.45, 2.75) is 45.3 Å². The van der Waals surface area contributed by atoms with Gasteiger partial charge in [0.2, 0.25) is 0 Å². The zero-order valence-electron chi connectivity index (χ0n) is 14.9. The number of benzene rings is 1. The number of alkyl halides is 2. The van der Waals surface area contributed by atoms with E-state index in [1.54, 1.807) is 0 Å². The Balaban J connectivity index is 2.37. The standard InChI is InChI=1S/C17H23F2N3O5/c1-11(26-14(23)9-3-2-6-10-21-17(20)25)15(24)22-12-7-4-5-8-13(12)27-16(18)19/h4-5,7-8,11,16H,2-3,6,9-10H2,1H3,(H,22,24)(H3,20,21,25)/t11-/m0/s1. The number of hydrogen-bond donors (Lipinski definition) is 3. The van der Waals surface area contributed by atoms with Gasteiger partial charge < -0.3 is 25.8 Å². The van der Waals surface area contributed by atoms with Gasteiger partial charge in [-0.25, -0.2) is 4.79 Å². The van der Waals surface area contributed by atoms with Crippen LogP contribution in [-0.2, 0) is 14.3 Å². The molecule has 1 atom stereocenters. The van der Waals surface area contributed by atoms with Crippen LogP contribution in [0.5, 0.6) is 5.75 Å². The van der Waals surface area contributed by atoms with Crippen LogP contribution in [0.3, 0.4) is 0 Å². The van der Waals surface area contributed by atoms with Crippen molar-refractivity contribution in [2.75, 3.05) is 11.9 Å². The minimum atomic E-state index is -3.03. The van der Waals surface area contributed by atoms with Gasteiger partial charge in [-0.05, 0) is 31.9 Å². The van der Waals surface area contributed by atoms with Gasteiger partial charge in [0.25, 0.3) is 5.91 Å². The topological polar surface area (TPSA) is 120 Å². The van der Waals surface area contributed by atoms with Crippen LogP contribution in [0.1, 0.15) is 32.6 Å². The maximum absolute atomic E-state index is 12.4. The molecular weight excluding hydrogens is 364 g/mol. The number of carbonyl (C=O) groups is 3. The first kappa shape index (κ1) is 22.1. The van der Waals surface area contributed by atoms with Crippen molar-refractivity contribution in [3.05, 3.63) is 24.3 Å². The van der Waals surface area contributed by atoms with Gasteiger partial charge in [-0.2, -0.15) is 8.78 Å². The fourth-order valence-corrected chi connectivity index (χ4v) is 2.10. The van der Waals surface area contributed by atoms with E-state index in [-0.39, 0.29) is 17.9 Å². The summed E-state index contributed by atoms with van der Waals surface area (Å²) >= 11 is 0. The highest BCUT2D eigenvalue weighted by molar-refractivity contribution is 5.96. The molecule has 10 heteroatoms. The highest BCUT2D eigenvalue weighted by Crippen LogP contribution is 2.25. The molecule has 27 heavy (non-hydrogen) atoms. The Bertz CT molecular complexity index is 643. The van der Waals surface area contributed by atoms with Crippen LogP contribution in [0.2, 0.25) is 0 Å². The molecule has 4 N–H and O–H groups in total. The fourth-order valence-electron chi connectivity index (χ4n) is 2.10. The number of nitrogens with two attached hydrogens (primary N) is 1. The molecule has 0 fully saturated rings. The molecule has 1 aromatic rings. The number of halogens is 2. The molecule has 0 aliphatic carbocycles. The molecule has 0 saturated carbocycles. The van der Waals surface area contributed by atoms with Crippen molar-refractivity contribution in [3.63, 3.8) is 0 Å². The average molecular weight is 387 g/mol. The zero-order valence-corrected chi connectivity index (χ0v) is 14.9. The summed E-state index contributed by atoms with van der Waals surface area (Å²) in [7, 11) is 0. The van der Waals surface area contributed by atoms with E-state index in [1.807, 2.05) is 0 Å². The minimum absolute atomic E-state index is 0.0487. The summed E-state index contributed by atoms with van der Waals surface area (Å²) in [5.74, 6) is -1.42. The van der Waals surface area contributed by atoms with E-state index in [9.17, 15) is 23.2 Å². The van der Waals surface area contributed by atoms with E-state index in [1.165, 1.54) is 31.2 Å². The molecule has 0 aliphatic rings. The summed E-state index contributed by atoms with van der Waals surface area (Å²) in [5, 5.41) is 4.82. The number of primary amides is 1. The van der Waals surface area contributed by atoms with Gasteiger partial charge in [0.1, 0.15) is 5.75 Å². The third kappa shape index (κ3) is 9.38. The largest absolute Gasteiger partial charge is 0.453 e. The highest BCUT2D eigenvalue weighted by Gasteiger charge is 2.19. The number of esters is 1. The van der Waals surface area contributed by atoms with Gasteiger partial charge >= 0.3 is 18.6 Å². The maximum atomic E-state index is 12.4. The zero-order chi connectivity index (χ0) is 20.2. The van der Waals surface area contributed by atoms with Crippen molar-refractivity contribution in [3.8, 4) is 5.75 Å².